The average molecular weight is 383 g/mol. The zero-order valence-electron chi connectivity index (χ0n) is 16.5. The van der Waals surface area contributed by atoms with Crippen LogP contribution in [0.4, 0.5) is 0 Å². The van der Waals surface area contributed by atoms with Crippen molar-refractivity contribution in [1.82, 2.24) is 30.4 Å². The second-order valence-electron chi connectivity index (χ2n) is 8.16. The van der Waals surface area contributed by atoms with Gasteiger partial charge in [0.1, 0.15) is 6.33 Å². The summed E-state index contributed by atoms with van der Waals surface area (Å²) in [6.07, 6.45) is 12.0. The number of nitrogens with one attached hydrogen (secondary N) is 1. The SMILES string of the molecule is O=C(NC1CCCN(C2CCCCCC2)C1)c1ccc(Cn2cnnn2)cc1. The molecule has 2 fully saturated rings. The van der Waals surface area contributed by atoms with Gasteiger partial charge in [-0.2, -0.15) is 0 Å². The molecule has 1 unspecified atom stereocenters. The summed E-state index contributed by atoms with van der Waals surface area (Å²) in [6.45, 7) is 2.78. The fraction of sp³-hybridized carbons (Fsp3) is 0.619. The summed E-state index contributed by atoms with van der Waals surface area (Å²) in [5.74, 6) is 0.0293. The number of hydrogen-bond acceptors (Lipinski definition) is 5. The zero-order valence-corrected chi connectivity index (χ0v) is 16.5. The summed E-state index contributed by atoms with van der Waals surface area (Å²) in [6, 6.07) is 8.69. The first-order chi connectivity index (χ1) is 13.8. The second-order valence-corrected chi connectivity index (χ2v) is 8.16. The lowest BCUT2D eigenvalue weighted by Gasteiger charge is -2.38. The van der Waals surface area contributed by atoms with Crippen LogP contribution in [0.25, 0.3) is 0 Å². The van der Waals surface area contributed by atoms with E-state index in [4.69, 9.17) is 0 Å². The average Bonchev–Trinajstić information content (AvgIpc) is 3.08. The van der Waals surface area contributed by atoms with Crippen molar-refractivity contribution < 1.29 is 4.79 Å². The Labute approximate surface area is 166 Å². The van der Waals surface area contributed by atoms with Gasteiger partial charge in [-0.15, -0.1) is 5.10 Å². The van der Waals surface area contributed by atoms with Crippen LogP contribution in [0.1, 0.15) is 67.3 Å². The first-order valence-electron chi connectivity index (χ1n) is 10.6. The number of piperidine rings is 1. The summed E-state index contributed by atoms with van der Waals surface area (Å²) in [5, 5.41) is 14.4. The Bertz CT molecular complexity index is 737. The maximum absolute atomic E-state index is 12.7. The third-order valence-electron chi connectivity index (χ3n) is 6.08. The molecule has 2 heterocycles. The quantitative estimate of drug-likeness (QED) is 0.805. The van der Waals surface area contributed by atoms with Crippen LogP contribution in [0.3, 0.4) is 0 Å². The molecule has 1 aromatic heterocycles. The fourth-order valence-electron chi connectivity index (χ4n) is 4.55. The summed E-state index contributed by atoms with van der Waals surface area (Å²) in [4.78, 5) is 15.3. The minimum atomic E-state index is 0.0293. The Kier molecular flexibility index (Phi) is 6.31. The van der Waals surface area contributed by atoms with Crippen LogP contribution in [0.2, 0.25) is 0 Å². The van der Waals surface area contributed by atoms with Crippen LogP contribution in [-0.2, 0) is 6.54 Å². The Balaban J connectivity index is 1.31. The molecule has 1 amide bonds. The van der Waals surface area contributed by atoms with E-state index in [-0.39, 0.29) is 11.9 Å². The van der Waals surface area contributed by atoms with Gasteiger partial charge in [0, 0.05) is 24.2 Å². The molecule has 1 aliphatic carbocycles. The van der Waals surface area contributed by atoms with Crippen LogP contribution in [0.15, 0.2) is 30.6 Å². The largest absolute Gasteiger partial charge is 0.348 e. The molecule has 150 valence electrons. The first-order valence-corrected chi connectivity index (χ1v) is 10.6. The van der Waals surface area contributed by atoms with E-state index in [2.05, 4.69) is 25.7 Å². The van der Waals surface area contributed by atoms with E-state index in [0.717, 1.165) is 18.5 Å². The van der Waals surface area contributed by atoms with Gasteiger partial charge in [0.15, 0.2) is 0 Å². The minimum Gasteiger partial charge on any atom is -0.348 e. The van der Waals surface area contributed by atoms with E-state index in [9.17, 15) is 4.79 Å². The Morgan fingerprint density at radius 1 is 1.04 bits per heavy atom. The zero-order chi connectivity index (χ0) is 19.2. The summed E-state index contributed by atoms with van der Waals surface area (Å²) >= 11 is 0. The summed E-state index contributed by atoms with van der Waals surface area (Å²) in [5.41, 5.74) is 1.79. The van der Waals surface area contributed by atoms with E-state index in [1.54, 1.807) is 11.0 Å². The molecule has 0 radical (unpaired) electrons. The number of benzene rings is 1. The number of hydrogen-bond donors (Lipinski definition) is 1. The lowest BCUT2D eigenvalue weighted by molar-refractivity contribution is 0.0860. The molecule has 7 heteroatoms. The second kappa shape index (κ2) is 9.28. The Morgan fingerprint density at radius 3 is 2.54 bits per heavy atom. The molecule has 2 aliphatic rings. The van der Waals surface area contributed by atoms with Gasteiger partial charge in [-0.25, -0.2) is 4.68 Å². The predicted molar refractivity (Wildman–Crippen MR) is 107 cm³/mol. The van der Waals surface area contributed by atoms with Crippen molar-refractivity contribution in [2.45, 2.75) is 70.0 Å². The lowest BCUT2D eigenvalue weighted by Crippen LogP contribution is -2.50. The third-order valence-corrected chi connectivity index (χ3v) is 6.08. The molecule has 1 aliphatic heterocycles. The number of carbonyl (C=O) groups is 1. The van der Waals surface area contributed by atoms with E-state index in [0.29, 0.717) is 18.2 Å². The van der Waals surface area contributed by atoms with Crippen molar-refractivity contribution in [1.29, 1.82) is 0 Å². The van der Waals surface area contributed by atoms with Crippen molar-refractivity contribution in [3.63, 3.8) is 0 Å². The van der Waals surface area contributed by atoms with Crippen LogP contribution >= 0.6 is 0 Å². The molecule has 2 aromatic rings. The highest BCUT2D eigenvalue weighted by atomic mass is 16.1. The van der Waals surface area contributed by atoms with E-state index in [1.165, 1.54) is 51.5 Å². The van der Waals surface area contributed by atoms with Crippen LogP contribution < -0.4 is 5.32 Å². The van der Waals surface area contributed by atoms with Gasteiger partial charge in [-0.3, -0.25) is 9.69 Å². The Morgan fingerprint density at radius 2 is 1.82 bits per heavy atom. The van der Waals surface area contributed by atoms with Gasteiger partial charge in [0.2, 0.25) is 0 Å². The van der Waals surface area contributed by atoms with Crippen LogP contribution in [0.5, 0.6) is 0 Å². The normalized spacial score (nSPS) is 21.9. The molecule has 0 bridgehead atoms. The van der Waals surface area contributed by atoms with Crippen molar-refractivity contribution >= 4 is 5.91 Å². The number of carbonyl (C=O) groups excluding carboxylic acids is 1. The van der Waals surface area contributed by atoms with Gasteiger partial charge < -0.3 is 5.32 Å². The predicted octanol–water partition coefficient (Wildman–Crippen LogP) is 2.64. The van der Waals surface area contributed by atoms with Crippen molar-refractivity contribution in [2.24, 2.45) is 0 Å². The summed E-state index contributed by atoms with van der Waals surface area (Å²) < 4.78 is 1.67. The monoisotopic (exact) mass is 382 g/mol. The molecule has 1 atom stereocenters. The van der Waals surface area contributed by atoms with Gasteiger partial charge in [-0.1, -0.05) is 37.8 Å². The molecule has 1 saturated heterocycles. The number of rotatable bonds is 5. The lowest BCUT2D eigenvalue weighted by atomic mass is 9.99. The first kappa shape index (κ1) is 19.1. The van der Waals surface area contributed by atoms with E-state index >= 15 is 0 Å². The molecular formula is C21H30N6O. The smallest absolute Gasteiger partial charge is 0.251 e. The van der Waals surface area contributed by atoms with Gasteiger partial charge in [0.25, 0.3) is 5.91 Å². The molecule has 0 spiro atoms. The number of nitrogens with zero attached hydrogens (tertiary/aromatic N) is 5. The van der Waals surface area contributed by atoms with Crippen molar-refractivity contribution in [3.05, 3.63) is 41.7 Å². The number of likely N-dealkylation sites (tertiary alicyclic amines) is 1. The van der Waals surface area contributed by atoms with Crippen molar-refractivity contribution in [2.75, 3.05) is 13.1 Å². The Hall–Kier alpha value is -2.28. The topological polar surface area (TPSA) is 75.9 Å². The highest BCUT2D eigenvalue weighted by Gasteiger charge is 2.27. The highest BCUT2D eigenvalue weighted by molar-refractivity contribution is 5.94. The summed E-state index contributed by atoms with van der Waals surface area (Å²) in [7, 11) is 0. The molecule has 1 N–H and O–H groups in total. The fourth-order valence-corrected chi connectivity index (χ4v) is 4.55. The van der Waals surface area contributed by atoms with Gasteiger partial charge in [0.05, 0.1) is 6.54 Å². The van der Waals surface area contributed by atoms with E-state index in [1.807, 2.05) is 24.3 Å². The minimum absolute atomic E-state index is 0.0293. The molecular weight excluding hydrogens is 352 g/mol. The maximum atomic E-state index is 12.7. The molecule has 7 nitrogen and oxygen atoms in total. The number of amides is 1. The molecule has 1 saturated carbocycles. The maximum Gasteiger partial charge on any atom is 0.251 e. The number of tetrazole rings is 1. The van der Waals surface area contributed by atoms with Crippen LogP contribution in [-0.4, -0.2) is 56.2 Å². The van der Waals surface area contributed by atoms with Gasteiger partial charge in [-0.05, 0) is 60.4 Å². The van der Waals surface area contributed by atoms with Crippen molar-refractivity contribution in [3.8, 4) is 0 Å². The van der Waals surface area contributed by atoms with Crippen LogP contribution in [0, 0.1) is 0 Å². The third kappa shape index (κ3) is 4.95. The standard InChI is InChI=1S/C21H30N6O/c28-21(18-11-9-17(10-12-18)14-27-16-22-24-25-27)23-19-6-5-13-26(15-19)20-7-3-1-2-4-8-20/h9-12,16,19-20H,1-8,13-15H2,(H,23,28). The van der Waals surface area contributed by atoms with Gasteiger partial charge >= 0.3 is 0 Å². The molecule has 4 rings (SSSR count). The molecule has 1 aromatic carbocycles. The van der Waals surface area contributed by atoms with E-state index < -0.39 is 0 Å². The number of aromatic nitrogens is 4. The molecule has 28 heavy (non-hydrogen) atoms. The highest BCUT2D eigenvalue weighted by Crippen LogP contribution is 2.24.